The van der Waals surface area contributed by atoms with Crippen molar-refractivity contribution in [1.29, 1.82) is 0 Å². The lowest BCUT2D eigenvalue weighted by molar-refractivity contribution is -0.118. The first-order valence-electron chi connectivity index (χ1n) is 9.56. The number of para-hydroxylation sites is 1. The summed E-state index contributed by atoms with van der Waals surface area (Å²) in [4.78, 5) is 28.1. The van der Waals surface area contributed by atoms with E-state index in [2.05, 4.69) is 15.6 Å². The Labute approximate surface area is 169 Å². The van der Waals surface area contributed by atoms with Crippen LogP contribution in [0.5, 0.6) is 0 Å². The molecule has 1 fully saturated rings. The smallest absolute Gasteiger partial charge is 0.271 e. The minimum Gasteiger partial charge on any atom is -0.355 e. The first kappa shape index (κ1) is 19.6. The van der Waals surface area contributed by atoms with Crippen LogP contribution in [0.1, 0.15) is 35.9 Å². The second kappa shape index (κ2) is 7.60. The van der Waals surface area contributed by atoms with Gasteiger partial charge in [-0.05, 0) is 30.9 Å². The number of nitrogens with one attached hydrogen (secondary N) is 2. The maximum atomic E-state index is 13.3. The maximum Gasteiger partial charge on any atom is 0.271 e. The van der Waals surface area contributed by atoms with Crippen molar-refractivity contribution < 1.29 is 18.0 Å². The number of amides is 2. The van der Waals surface area contributed by atoms with Gasteiger partial charge >= 0.3 is 0 Å². The summed E-state index contributed by atoms with van der Waals surface area (Å²) in [6, 6.07) is 6.77. The highest BCUT2D eigenvalue weighted by Crippen LogP contribution is 2.36. The van der Waals surface area contributed by atoms with E-state index in [1.165, 1.54) is 17.6 Å². The monoisotopic (exact) mass is 417 g/mol. The highest BCUT2D eigenvalue weighted by molar-refractivity contribution is 7.89. The van der Waals surface area contributed by atoms with Crippen LogP contribution in [0.4, 0.5) is 0 Å². The first-order valence-corrected chi connectivity index (χ1v) is 11.0. The molecule has 2 aliphatic rings. The standard InChI is InChI=1S/C19H23N5O4S/c1-13(25)20-8-9-21-19(26)18-16-11-23(10-14-6-7-14)29(27,28)17-5-3-2-4-15(17)24(16)12-22-18/h2-5,12,14H,6-11H2,1H3,(H,20,25)(H,21,26). The number of imidazole rings is 1. The van der Waals surface area contributed by atoms with E-state index in [-0.39, 0.29) is 29.6 Å². The molecule has 154 valence electrons. The van der Waals surface area contributed by atoms with Crippen LogP contribution in [0.15, 0.2) is 35.5 Å². The minimum atomic E-state index is -3.68. The Hall–Kier alpha value is -2.72. The molecule has 0 atom stereocenters. The Bertz CT molecular complexity index is 1060. The predicted octanol–water partition coefficient (Wildman–Crippen LogP) is 0.653. The third-order valence-corrected chi connectivity index (χ3v) is 6.95. The van der Waals surface area contributed by atoms with E-state index in [1.54, 1.807) is 28.8 Å². The number of carbonyl (C=O) groups is 2. The fraction of sp³-hybridized carbons (Fsp3) is 0.421. The number of rotatable bonds is 6. The van der Waals surface area contributed by atoms with Crippen molar-refractivity contribution in [2.24, 2.45) is 5.92 Å². The molecule has 29 heavy (non-hydrogen) atoms. The molecule has 2 heterocycles. The lowest BCUT2D eigenvalue weighted by atomic mass is 10.2. The zero-order valence-corrected chi connectivity index (χ0v) is 16.9. The van der Waals surface area contributed by atoms with Crippen molar-refractivity contribution in [2.45, 2.75) is 31.2 Å². The third kappa shape index (κ3) is 3.90. The Morgan fingerprint density at radius 3 is 2.62 bits per heavy atom. The quantitative estimate of drug-likeness (QED) is 0.670. The Morgan fingerprint density at radius 1 is 1.17 bits per heavy atom. The summed E-state index contributed by atoms with van der Waals surface area (Å²) in [6.45, 7) is 2.49. The fourth-order valence-electron chi connectivity index (χ4n) is 3.44. The molecule has 1 aliphatic carbocycles. The van der Waals surface area contributed by atoms with Crippen molar-refractivity contribution in [3.05, 3.63) is 42.0 Å². The molecule has 0 radical (unpaired) electrons. The highest BCUT2D eigenvalue weighted by atomic mass is 32.2. The SMILES string of the molecule is CC(=O)NCCNC(=O)c1ncn2c1CN(CC1CC1)S(=O)(=O)c1ccccc1-2. The van der Waals surface area contributed by atoms with E-state index in [0.29, 0.717) is 30.4 Å². The number of nitrogens with zero attached hydrogens (tertiary/aromatic N) is 3. The largest absolute Gasteiger partial charge is 0.355 e. The van der Waals surface area contributed by atoms with E-state index in [0.717, 1.165) is 12.8 Å². The summed E-state index contributed by atoms with van der Waals surface area (Å²) < 4.78 is 29.7. The topological polar surface area (TPSA) is 113 Å². The van der Waals surface area contributed by atoms with Crippen LogP contribution in [0.2, 0.25) is 0 Å². The number of benzene rings is 1. The molecule has 4 rings (SSSR count). The molecular formula is C19H23N5O4S. The van der Waals surface area contributed by atoms with Gasteiger partial charge in [-0.15, -0.1) is 0 Å². The maximum absolute atomic E-state index is 13.3. The van der Waals surface area contributed by atoms with Gasteiger partial charge in [-0.3, -0.25) is 14.2 Å². The van der Waals surface area contributed by atoms with Crippen LogP contribution < -0.4 is 10.6 Å². The Balaban J connectivity index is 1.67. The lowest BCUT2D eigenvalue weighted by Crippen LogP contribution is -2.35. The van der Waals surface area contributed by atoms with E-state index < -0.39 is 15.9 Å². The molecule has 0 bridgehead atoms. The average Bonchev–Trinajstić information content (AvgIpc) is 3.42. The molecule has 1 saturated carbocycles. The van der Waals surface area contributed by atoms with E-state index in [1.807, 2.05) is 0 Å². The van der Waals surface area contributed by atoms with Crippen molar-refractivity contribution in [1.82, 2.24) is 24.5 Å². The lowest BCUT2D eigenvalue weighted by Gasteiger charge is -2.20. The van der Waals surface area contributed by atoms with E-state index in [9.17, 15) is 18.0 Å². The summed E-state index contributed by atoms with van der Waals surface area (Å²) in [5.41, 5.74) is 1.22. The van der Waals surface area contributed by atoms with Gasteiger partial charge in [-0.1, -0.05) is 12.1 Å². The zero-order valence-electron chi connectivity index (χ0n) is 16.1. The van der Waals surface area contributed by atoms with Gasteiger partial charge in [0.05, 0.1) is 17.9 Å². The normalized spacial score (nSPS) is 17.7. The van der Waals surface area contributed by atoms with Crippen molar-refractivity contribution in [2.75, 3.05) is 19.6 Å². The van der Waals surface area contributed by atoms with Gasteiger partial charge in [0.25, 0.3) is 5.91 Å². The number of hydrogen-bond donors (Lipinski definition) is 2. The van der Waals surface area contributed by atoms with Gasteiger partial charge in [-0.2, -0.15) is 4.31 Å². The van der Waals surface area contributed by atoms with Crippen LogP contribution in [-0.2, 0) is 21.4 Å². The molecular weight excluding hydrogens is 394 g/mol. The summed E-state index contributed by atoms with van der Waals surface area (Å²) in [5, 5.41) is 5.34. The highest BCUT2D eigenvalue weighted by Gasteiger charge is 2.37. The summed E-state index contributed by atoms with van der Waals surface area (Å²) in [7, 11) is -3.68. The molecule has 1 aromatic heterocycles. The van der Waals surface area contributed by atoms with Gasteiger partial charge in [0.1, 0.15) is 11.2 Å². The minimum absolute atomic E-state index is 0.0853. The second-order valence-electron chi connectivity index (χ2n) is 7.36. The molecule has 9 nitrogen and oxygen atoms in total. The molecule has 1 aromatic carbocycles. The van der Waals surface area contributed by atoms with Gasteiger partial charge < -0.3 is 10.6 Å². The summed E-state index contributed by atoms with van der Waals surface area (Å²) >= 11 is 0. The van der Waals surface area contributed by atoms with Gasteiger partial charge in [0, 0.05) is 26.6 Å². The van der Waals surface area contributed by atoms with E-state index >= 15 is 0 Å². The molecule has 10 heteroatoms. The van der Waals surface area contributed by atoms with Crippen LogP contribution in [0.25, 0.3) is 5.69 Å². The fourth-order valence-corrected chi connectivity index (χ4v) is 5.10. The molecule has 0 unspecified atom stereocenters. The summed E-state index contributed by atoms with van der Waals surface area (Å²) in [5.74, 6) is -0.207. The predicted molar refractivity (Wildman–Crippen MR) is 105 cm³/mol. The second-order valence-corrected chi connectivity index (χ2v) is 9.26. The Kier molecular flexibility index (Phi) is 5.13. The van der Waals surface area contributed by atoms with Gasteiger partial charge in [0.15, 0.2) is 5.69 Å². The molecule has 2 aromatic rings. The number of sulfonamides is 1. The van der Waals surface area contributed by atoms with Crippen LogP contribution in [-0.4, -0.2) is 53.7 Å². The molecule has 1 aliphatic heterocycles. The molecule has 2 N–H and O–H groups in total. The van der Waals surface area contributed by atoms with Crippen LogP contribution in [0.3, 0.4) is 0 Å². The van der Waals surface area contributed by atoms with Gasteiger partial charge in [-0.25, -0.2) is 13.4 Å². The Morgan fingerprint density at radius 2 is 1.90 bits per heavy atom. The number of carbonyl (C=O) groups excluding carboxylic acids is 2. The molecule has 2 amide bonds. The third-order valence-electron chi connectivity index (χ3n) is 5.09. The zero-order chi connectivity index (χ0) is 20.6. The van der Waals surface area contributed by atoms with Crippen molar-refractivity contribution in [3.63, 3.8) is 0 Å². The molecule has 0 saturated heterocycles. The average molecular weight is 417 g/mol. The molecule has 0 spiro atoms. The van der Waals surface area contributed by atoms with Crippen molar-refractivity contribution in [3.8, 4) is 5.69 Å². The van der Waals surface area contributed by atoms with E-state index in [4.69, 9.17) is 0 Å². The van der Waals surface area contributed by atoms with Crippen molar-refractivity contribution >= 4 is 21.8 Å². The number of fused-ring (bicyclic) bond motifs is 3. The van der Waals surface area contributed by atoms with Crippen LogP contribution >= 0.6 is 0 Å². The number of hydrogen-bond acceptors (Lipinski definition) is 5. The number of aromatic nitrogens is 2. The van der Waals surface area contributed by atoms with Crippen LogP contribution in [0, 0.1) is 5.92 Å². The summed E-state index contributed by atoms with van der Waals surface area (Å²) in [6.07, 6.45) is 3.53. The first-order chi connectivity index (χ1) is 13.9. The van der Waals surface area contributed by atoms with Gasteiger partial charge in [0.2, 0.25) is 15.9 Å².